The molecule has 110 valence electrons. The van der Waals surface area contributed by atoms with E-state index in [0.29, 0.717) is 19.4 Å². The first-order chi connectivity index (χ1) is 10.00. The lowest BCUT2D eigenvalue weighted by atomic mass is 9.89. The van der Waals surface area contributed by atoms with Crippen LogP contribution in [0.1, 0.15) is 23.3 Å². The topological polar surface area (TPSA) is 91.4 Å². The van der Waals surface area contributed by atoms with Crippen molar-refractivity contribution < 1.29 is 18.8 Å². The molecule has 1 aromatic rings. The van der Waals surface area contributed by atoms with E-state index in [2.05, 4.69) is 15.6 Å². The quantitative estimate of drug-likeness (QED) is 0.715. The second-order valence-corrected chi connectivity index (χ2v) is 5.18. The zero-order chi connectivity index (χ0) is 15.0. The van der Waals surface area contributed by atoms with Crippen LogP contribution in [0.2, 0.25) is 0 Å². The number of nitrogens with one attached hydrogen (secondary N) is 2. The van der Waals surface area contributed by atoms with Gasteiger partial charge in [-0.05, 0) is 25.0 Å². The van der Waals surface area contributed by atoms with Crippen LogP contribution in [0.3, 0.4) is 0 Å². The predicted octanol–water partition coefficient (Wildman–Crippen LogP) is 0.0349. The van der Waals surface area contributed by atoms with Crippen molar-refractivity contribution in [3.8, 4) is 0 Å². The highest BCUT2D eigenvalue weighted by molar-refractivity contribution is 6.07. The molecule has 1 atom stereocenters. The zero-order valence-corrected chi connectivity index (χ0v) is 11.1. The summed E-state index contributed by atoms with van der Waals surface area (Å²) in [5, 5.41) is 4.78. The number of imide groups is 1. The molecule has 21 heavy (non-hydrogen) atoms. The minimum atomic E-state index is -1.06. The van der Waals surface area contributed by atoms with Gasteiger partial charge in [0.1, 0.15) is 17.1 Å². The van der Waals surface area contributed by atoms with Crippen LogP contribution < -0.4 is 10.6 Å². The lowest BCUT2D eigenvalue weighted by Crippen LogP contribution is -2.59. The molecule has 7 nitrogen and oxygen atoms in total. The summed E-state index contributed by atoms with van der Waals surface area (Å²) < 4.78 is 12.8. The van der Waals surface area contributed by atoms with Crippen LogP contribution in [0.4, 0.5) is 9.18 Å². The largest absolute Gasteiger partial charge is 0.334 e. The van der Waals surface area contributed by atoms with E-state index in [-0.39, 0.29) is 18.1 Å². The van der Waals surface area contributed by atoms with Crippen LogP contribution in [0.25, 0.3) is 0 Å². The first-order valence-electron chi connectivity index (χ1n) is 6.55. The van der Waals surface area contributed by atoms with E-state index in [1.165, 1.54) is 11.0 Å². The molecular formula is C13H13FN4O3. The molecule has 2 aliphatic rings. The molecule has 2 saturated heterocycles. The summed E-state index contributed by atoms with van der Waals surface area (Å²) in [4.78, 5) is 40.8. The number of pyridine rings is 1. The molecule has 1 unspecified atom stereocenters. The van der Waals surface area contributed by atoms with Gasteiger partial charge in [0.25, 0.3) is 11.8 Å². The highest BCUT2D eigenvalue weighted by Gasteiger charge is 2.49. The molecule has 8 heteroatoms. The Morgan fingerprint density at radius 1 is 1.38 bits per heavy atom. The zero-order valence-electron chi connectivity index (χ0n) is 11.1. The molecule has 2 aliphatic heterocycles. The van der Waals surface area contributed by atoms with E-state index in [4.69, 9.17) is 0 Å². The fourth-order valence-corrected chi connectivity index (χ4v) is 2.71. The maximum absolute atomic E-state index is 12.8. The van der Waals surface area contributed by atoms with Gasteiger partial charge in [-0.2, -0.15) is 0 Å². The van der Waals surface area contributed by atoms with Crippen molar-refractivity contribution in [1.29, 1.82) is 0 Å². The molecule has 2 fully saturated rings. The molecule has 0 aromatic carbocycles. The number of likely N-dealkylation sites (tertiary alicyclic amines) is 1. The molecular weight excluding hydrogens is 279 g/mol. The number of urea groups is 1. The third kappa shape index (κ3) is 2.32. The Labute approximate surface area is 119 Å². The van der Waals surface area contributed by atoms with Crippen molar-refractivity contribution in [2.45, 2.75) is 18.4 Å². The highest BCUT2D eigenvalue weighted by atomic mass is 19.1. The number of halogens is 1. The minimum absolute atomic E-state index is 0.0858. The summed E-state index contributed by atoms with van der Waals surface area (Å²) in [6, 6.07) is 1.91. The fourth-order valence-electron chi connectivity index (χ4n) is 2.71. The summed E-state index contributed by atoms with van der Waals surface area (Å²) in [6.45, 7) is 0.547. The maximum atomic E-state index is 12.8. The third-order valence-corrected chi connectivity index (χ3v) is 3.74. The number of rotatable bonds is 1. The van der Waals surface area contributed by atoms with E-state index in [0.717, 1.165) is 12.3 Å². The van der Waals surface area contributed by atoms with Crippen LogP contribution >= 0.6 is 0 Å². The van der Waals surface area contributed by atoms with Gasteiger partial charge in [0.15, 0.2) is 0 Å². The van der Waals surface area contributed by atoms with Crippen LogP contribution in [-0.4, -0.2) is 46.4 Å². The minimum Gasteiger partial charge on any atom is -0.334 e. The van der Waals surface area contributed by atoms with E-state index >= 15 is 0 Å². The summed E-state index contributed by atoms with van der Waals surface area (Å²) >= 11 is 0. The smallest absolute Gasteiger partial charge is 0.322 e. The van der Waals surface area contributed by atoms with Gasteiger partial charge in [-0.3, -0.25) is 14.9 Å². The summed E-state index contributed by atoms with van der Waals surface area (Å²) in [5.41, 5.74) is -0.955. The second kappa shape index (κ2) is 4.80. The summed E-state index contributed by atoms with van der Waals surface area (Å²) in [6.07, 6.45) is 2.03. The van der Waals surface area contributed by atoms with Gasteiger partial charge in [-0.15, -0.1) is 0 Å². The van der Waals surface area contributed by atoms with Crippen molar-refractivity contribution in [3.05, 3.63) is 29.8 Å². The first-order valence-corrected chi connectivity index (χ1v) is 6.55. The monoisotopic (exact) mass is 292 g/mol. The Morgan fingerprint density at radius 2 is 2.19 bits per heavy atom. The van der Waals surface area contributed by atoms with Crippen molar-refractivity contribution in [2.75, 3.05) is 13.1 Å². The molecule has 1 spiro atoms. The number of carbonyl (C=O) groups excluding carboxylic acids is 3. The van der Waals surface area contributed by atoms with Gasteiger partial charge in [-0.25, -0.2) is 14.2 Å². The summed E-state index contributed by atoms with van der Waals surface area (Å²) in [7, 11) is 0. The number of piperidine rings is 1. The third-order valence-electron chi connectivity index (χ3n) is 3.74. The average Bonchev–Trinajstić information content (AvgIpc) is 2.73. The van der Waals surface area contributed by atoms with Crippen molar-refractivity contribution in [1.82, 2.24) is 20.5 Å². The van der Waals surface area contributed by atoms with Crippen molar-refractivity contribution in [3.63, 3.8) is 0 Å². The molecule has 0 bridgehead atoms. The van der Waals surface area contributed by atoms with Crippen LogP contribution in [0.5, 0.6) is 0 Å². The van der Waals surface area contributed by atoms with Crippen LogP contribution in [-0.2, 0) is 4.79 Å². The number of hydrogen-bond donors (Lipinski definition) is 2. The molecule has 4 amide bonds. The molecule has 3 heterocycles. The SMILES string of the molecule is O=C1NC(=O)C2(CCCN(C(=O)c3ccc(F)cn3)C2)N1. The number of aromatic nitrogens is 1. The molecule has 2 N–H and O–H groups in total. The van der Waals surface area contributed by atoms with Gasteiger partial charge >= 0.3 is 6.03 Å². The Balaban J connectivity index is 1.80. The van der Waals surface area contributed by atoms with Gasteiger partial charge in [0.2, 0.25) is 0 Å². The molecule has 0 saturated carbocycles. The van der Waals surface area contributed by atoms with Gasteiger partial charge < -0.3 is 10.2 Å². The lowest BCUT2D eigenvalue weighted by Gasteiger charge is -2.37. The van der Waals surface area contributed by atoms with E-state index < -0.39 is 23.3 Å². The molecule has 0 radical (unpaired) electrons. The van der Waals surface area contributed by atoms with Gasteiger partial charge in [0.05, 0.1) is 12.7 Å². The normalized spacial score (nSPS) is 24.9. The molecule has 0 aliphatic carbocycles. The molecule has 1 aromatic heterocycles. The fraction of sp³-hybridized carbons (Fsp3) is 0.385. The van der Waals surface area contributed by atoms with Crippen LogP contribution in [0, 0.1) is 5.82 Å². The average molecular weight is 292 g/mol. The van der Waals surface area contributed by atoms with Crippen molar-refractivity contribution >= 4 is 17.8 Å². The van der Waals surface area contributed by atoms with Gasteiger partial charge in [-0.1, -0.05) is 0 Å². The lowest BCUT2D eigenvalue weighted by molar-refractivity contribution is -0.125. The van der Waals surface area contributed by atoms with Crippen LogP contribution in [0.15, 0.2) is 18.3 Å². The Kier molecular flexibility index (Phi) is 3.08. The Bertz CT molecular complexity index is 618. The maximum Gasteiger partial charge on any atom is 0.322 e. The Morgan fingerprint density at radius 3 is 2.81 bits per heavy atom. The number of amides is 4. The number of hydrogen-bond acceptors (Lipinski definition) is 4. The van der Waals surface area contributed by atoms with E-state index in [1.54, 1.807) is 0 Å². The summed E-state index contributed by atoms with van der Waals surface area (Å²) in [5.74, 6) is -1.33. The second-order valence-electron chi connectivity index (χ2n) is 5.18. The van der Waals surface area contributed by atoms with Gasteiger partial charge in [0, 0.05) is 6.54 Å². The molecule has 3 rings (SSSR count). The Hall–Kier alpha value is -2.51. The highest BCUT2D eigenvalue weighted by Crippen LogP contribution is 2.25. The number of carbonyl (C=O) groups is 3. The van der Waals surface area contributed by atoms with E-state index in [1.807, 2.05) is 0 Å². The number of nitrogens with zero attached hydrogens (tertiary/aromatic N) is 2. The predicted molar refractivity (Wildman–Crippen MR) is 68.7 cm³/mol. The first kappa shape index (κ1) is 13.5. The van der Waals surface area contributed by atoms with Crippen molar-refractivity contribution in [2.24, 2.45) is 0 Å². The standard InChI is InChI=1S/C13H13FN4O3/c14-8-2-3-9(15-6-8)10(19)18-5-1-4-13(7-18)11(20)16-12(21)17-13/h2-3,6H,1,4-5,7H2,(H2,16,17,20,21). The van der Waals surface area contributed by atoms with E-state index in [9.17, 15) is 18.8 Å².